The second-order valence-electron chi connectivity index (χ2n) is 6.08. The average molecular weight is 321 g/mol. The first-order valence-corrected chi connectivity index (χ1v) is 8.50. The number of hydrogen-bond acceptors (Lipinski definition) is 2. The lowest BCUT2D eigenvalue weighted by Crippen LogP contribution is -2.41. The molecule has 5 heteroatoms. The Labute approximate surface area is 138 Å². The molecule has 1 aliphatic rings. The monoisotopic (exact) mass is 321 g/mol. The summed E-state index contributed by atoms with van der Waals surface area (Å²) in [6, 6.07) is 6.80. The van der Waals surface area contributed by atoms with Crippen molar-refractivity contribution in [3.8, 4) is 0 Å². The van der Waals surface area contributed by atoms with Crippen LogP contribution in [0.15, 0.2) is 29.3 Å². The number of hydrogen-bond donors (Lipinski definition) is 1. The van der Waals surface area contributed by atoms with Crippen molar-refractivity contribution in [1.29, 1.82) is 0 Å². The molecule has 1 aromatic rings. The third-order valence-electron chi connectivity index (χ3n) is 4.03. The fraction of sp³-hybridized carbons (Fsp3) is 0.611. The summed E-state index contributed by atoms with van der Waals surface area (Å²) >= 11 is 0. The van der Waals surface area contributed by atoms with E-state index in [9.17, 15) is 4.39 Å². The average Bonchev–Trinajstić information content (AvgIpc) is 3.03. The van der Waals surface area contributed by atoms with E-state index in [-0.39, 0.29) is 5.82 Å². The van der Waals surface area contributed by atoms with Crippen LogP contribution in [0.25, 0.3) is 0 Å². The maximum atomic E-state index is 13.2. The van der Waals surface area contributed by atoms with Crippen LogP contribution in [-0.2, 0) is 11.2 Å². The van der Waals surface area contributed by atoms with Gasteiger partial charge in [-0.2, -0.15) is 0 Å². The quantitative estimate of drug-likeness (QED) is 0.477. The van der Waals surface area contributed by atoms with Crippen LogP contribution in [-0.4, -0.2) is 50.8 Å². The van der Waals surface area contributed by atoms with Gasteiger partial charge in [0.2, 0.25) is 0 Å². The van der Waals surface area contributed by atoms with E-state index in [4.69, 9.17) is 4.74 Å². The molecule has 0 bridgehead atoms. The van der Waals surface area contributed by atoms with E-state index in [1.54, 1.807) is 12.1 Å². The lowest BCUT2D eigenvalue weighted by molar-refractivity contribution is 0.181. The van der Waals surface area contributed by atoms with Gasteiger partial charge >= 0.3 is 0 Å². The number of benzene rings is 1. The Hall–Kier alpha value is -1.62. The highest BCUT2D eigenvalue weighted by Gasteiger charge is 2.18. The smallest absolute Gasteiger partial charge is 0.193 e. The van der Waals surface area contributed by atoms with E-state index < -0.39 is 0 Å². The Kier molecular flexibility index (Phi) is 7.33. The Balaban J connectivity index is 1.80. The van der Waals surface area contributed by atoms with Crippen molar-refractivity contribution in [1.82, 2.24) is 10.2 Å². The third kappa shape index (κ3) is 6.18. The number of aliphatic imine (C=N–C) groups is 1. The summed E-state index contributed by atoms with van der Waals surface area (Å²) in [4.78, 5) is 6.88. The van der Waals surface area contributed by atoms with E-state index in [1.165, 1.54) is 6.07 Å². The number of halogens is 1. The topological polar surface area (TPSA) is 36.9 Å². The van der Waals surface area contributed by atoms with Gasteiger partial charge in [0.15, 0.2) is 5.96 Å². The van der Waals surface area contributed by atoms with Crippen LogP contribution in [0.3, 0.4) is 0 Å². The van der Waals surface area contributed by atoms with Gasteiger partial charge in [-0.25, -0.2) is 4.39 Å². The first kappa shape index (κ1) is 17.7. The molecule has 0 radical (unpaired) electrons. The first-order chi connectivity index (χ1) is 11.2. The second-order valence-corrected chi connectivity index (χ2v) is 6.08. The summed E-state index contributed by atoms with van der Waals surface area (Å²) in [6.07, 6.45) is 2.89. The van der Waals surface area contributed by atoms with Crippen LogP contribution in [0.2, 0.25) is 0 Å². The maximum Gasteiger partial charge on any atom is 0.193 e. The molecule has 0 spiro atoms. The summed E-state index contributed by atoms with van der Waals surface area (Å²) < 4.78 is 18.6. The Morgan fingerprint density at radius 1 is 1.48 bits per heavy atom. The van der Waals surface area contributed by atoms with Gasteiger partial charge in [0.1, 0.15) is 5.82 Å². The molecule has 1 unspecified atom stereocenters. The molecule has 1 atom stereocenters. The highest BCUT2D eigenvalue weighted by molar-refractivity contribution is 5.79. The molecule has 2 rings (SSSR count). The zero-order chi connectivity index (χ0) is 16.5. The summed E-state index contributed by atoms with van der Waals surface area (Å²) in [5, 5.41) is 3.34. The minimum absolute atomic E-state index is 0.169. The molecule has 1 aliphatic heterocycles. The van der Waals surface area contributed by atoms with Crippen molar-refractivity contribution in [3.05, 3.63) is 35.6 Å². The molecule has 1 heterocycles. The molecule has 1 fully saturated rings. The van der Waals surface area contributed by atoms with Crippen molar-refractivity contribution in [2.75, 3.05) is 39.9 Å². The van der Waals surface area contributed by atoms with E-state index in [2.05, 4.69) is 29.2 Å². The molecule has 1 N–H and O–H groups in total. The van der Waals surface area contributed by atoms with Crippen LogP contribution in [0, 0.1) is 11.7 Å². The summed E-state index contributed by atoms with van der Waals surface area (Å²) in [7, 11) is 2.08. The molecule has 1 aromatic carbocycles. The molecule has 23 heavy (non-hydrogen) atoms. The number of guanidine groups is 1. The number of aryl methyl sites for hydroxylation is 1. The Morgan fingerprint density at radius 2 is 2.35 bits per heavy atom. The number of nitrogens with zero attached hydrogens (tertiary/aromatic N) is 2. The van der Waals surface area contributed by atoms with Crippen molar-refractivity contribution >= 4 is 5.96 Å². The van der Waals surface area contributed by atoms with Crippen LogP contribution in [0.1, 0.15) is 25.3 Å². The van der Waals surface area contributed by atoms with E-state index in [0.29, 0.717) is 5.92 Å². The predicted molar refractivity (Wildman–Crippen MR) is 92.3 cm³/mol. The van der Waals surface area contributed by atoms with E-state index in [0.717, 1.165) is 63.6 Å². The number of ether oxygens (including phenoxy) is 1. The van der Waals surface area contributed by atoms with Crippen molar-refractivity contribution < 1.29 is 9.13 Å². The molecule has 0 amide bonds. The van der Waals surface area contributed by atoms with Gasteiger partial charge in [-0.15, -0.1) is 0 Å². The molecule has 4 nitrogen and oxygen atoms in total. The summed E-state index contributed by atoms with van der Waals surface area (Å²) in [5.74, 6) is 1.37. The van der Waals surface area contributed by atoms with Crippen molar-refractivity contribution in [2.45, 2.75) is 26.2 Å². The maximum absolute atomic E-state index is 13.2. The van der Waals surface area contributed by atoms with Gasteiger partial charge in [-0.1, -0.05) is 12.1 Å². The Bertz CT molecular complexity index is 501. The summed E-state index contributed by atoms with van der Waals surface area (Å²) in [6.45, 7) is 6.37. The van der Waals surface area contributed by atoms with E-state index in [1.807, 2.05) is 6.07 Å². The minimum Gasteiger partial charge on any atom is -0.381 e. The standard InChI is InChI=1S/C18H28FN3O/c1-3-20-18(22(2)13-16-9-11-23-14-16)21-10-5-7-15-6-4-8-17(19)12-15/h4,6,8,12,16H,3,5,7,9-11,13-14H2,1-2H3,(H,20,21). The second kappa shape index (κ2) is 9.50. The molecule has 128 valence electrons. The fourth-order valence-electron chi connectivity index (χ4n) is 2.83. The third-order valence-corrected chi connectivity index (χ3v) is 4.03. The lowest BCUT2D eigenvalue weighted by atomic mass is 10.1. The number of rotatable bonds is 7. The van der Waals surface area contributed by atoms with Gasteiger partial charge in [0, 0.05) is 39.2 Å². The largest absolute Gasteiger partial charge is 0.381 e. The zero-order valence-electron chi connectivity index (χ0n) is 14.2. The van der Waals surface area contributed by atoms with Crippen molar-refractivity contribution in [3.63, 3.8) is 0 Å². The molecule has 0 aromatic heterocycles. The fourth-order valence-corrected chi connectivity index (χ4v) is 2.83. The highest BCUT2D eigenvalue weighted by atomic mass is 19.1. The molecule has 0 aliphatic carbocycles. The van der Waals surface area contributed by atoms with Gasteiger partial charge in [-0.05, 0) is 43.9 Å². The number of nitrogens with one attached hydrogen (secondary N) is 1. The first-order valence-electron chi connectivity index (χ1n) is 8.50. The van der Waals surface area contributed by atoms with Gasteiger partial charge in [0.05, 0.1) is 6.61 Å². The van der Waals surface area contributed by atoms with Gasteiger partial charge < -0.3 is 15.0 Å². The minimum atomic E-state index is -0.169. The summed E-state index contributed by atoms with van der Waals surface area (Å²) in [5.41, 5.74) is 1.03. The van der Waals surface area contributed by atoms with E-state index >= 15 is 0 Å². The van der Waals surface area contributed by atoms with Crippen LogP contribution in [0.5, 0.6) is 0 Å². The molecule has 1 saturated heterocycles. The Morgan fingerprint density at radius 3 is 3.04 bits per heavy atom. The predicted octanol–water partition coefficient (Wildman–Crippen LogP) is 2.69. The van der Waals surface area contributed by atoms with Crippen molar-refractivity contribution in [2.24, 2.45) is 10.9 Å². The molecular formula is C18H28FN3O. The molecule has 0 saturated carbocycles. The lowest BCUT2D eigenvalue weighted by Gasteiger charge is -2.24. The molecular weight excluding hydrogens is 293 g/mol. The van der Waals surface area contributed by atoms with Crippen LogP contribution in [0.4, 0.5) is 4.39 Å². The normalized spacial score (nSPS) is 18.2. The SMILES string of the molecule is CCNC(=NCCCc1cccc(F)c1)N(C)CC1CCOC1. The zero-order valence-corrected chi connectivity index (χ0v) is 14.2. The highest BCUT2D eigenvalue weighted by Crippen LogP contribution is 2.13. The van der Waals surface area contributed by atoms with Crippen LogP contribution >= 0.6 is 0 Å². The van der Waals surface area contributed by atoms with Gasteiger partial charge in [0.25, 0.3) is 0 Å². The van der Waals surface area contributed by atoms with Gasteiger partial charge in [-0.3, -0.25) is 4.99 Å². The van der Waals surface area contributed by atoms with Crippen LogP contribution < -0.4 is 5.32 Å².